The standard InChI is InChI=1S/C19H32N4S.HI/c1-5-20-19(22-17-9-10-18(12-17)24-4)21-13-15-7-6-8-16(11-15)14-23(2)3;/h6-8,11,17-18H,5,9-10,12-14H2,1-4H3,(H2,20,21,22);1H. The van der Waals surface area contributed by atoms with E-state index in [1.54, 1.807) is 0 Å². The summed E-state index contributed by atoms with van der Waals surface area (Å²) < 4.78 is 0. The van der Waals surface area contributed by atoms with E-state index in [-0.39, 0.29) is 24.0 Å². The summed E-state index contributed by atoms with van der Waals surface area (Å²) in [4.78, 5) is 6.98. The smallest absolute Gasteiger partial charge is 0.191 e. The summed E-state index contributed by atoms with van der Waals surface area (Å²) >= 11 is 1.99. The molecule has 6 heteroatoms. The van der Waals surface area contributed by atoms with E-state index in [1.165, 1.54) is 30.4 Å². The lowest BCUT2D eigenvalue weighted by Crippen LogP contribution is -2.42. The Morgan fingerprint density at radius 1 is 1.28 bits per heavy atom. The molecule has 1 fully saturated rings. The van der Waals surface area contributed by atoms with Crippen molar-refractivity contribution < 1.29 is 0 Å². The molecule has 2 atom stereocenters. The molecule has 1 aromatic rings. The molecule has 142 valence electrons. The first-order chi connectivity index (χ1) is 11.6. The summed E-state index contributed by atoms with van der Waals surface area (Å²) in [5.41, 5.74) is 2.60. The Morgan fingerprint density at radius 2 is 2.04 bits per heavy atom. The Hall–Kier alpha value is -0.470. The summed E-state index contributed by atoms with van der Waals surface area (Å²) in [6.45, 7) is 4.70. The van der Waals surface area contributed by atoms with Gasteiger partial charge in [-0.3, -0.25) is 0 Å². The van der Waals surface area contributed by atoms with E-state index >= 15 is 0 Å². The van der Waals surface area contributed by atoms with Gasteiger partial charge in [0, 0.05) is 24.4 Å². The number of thioether (sulfide) groups is 1. The fraction of sp³-hybridized carbons (Fsp3) is 0.632. The van der Waals surface area contributed by atoms with Crippen molar-refractivity contribution >= 4 is 41.7 Å². The number of rotatable bonds is 7. The molecule has 0 aromatic heterocycles. The first kappa shape index (κ1) is 22.6. The van der Waals surface area contributed by atoms with Crippen molar-refractivity contribution in [1.82, 2.24) is 15.5 Å². The molecule has 0 aliphatic heterocycles. The molecule has 2 rings (SSSR count). The molecule has 4 nitrogen and oxygen atoms in total. The molecule has 0 radical (unpaired) electrons. The minimum Gasteiger partial charge on any atom is -0.357 e. The average molecular weight is 476 g/mol. The van der Waals surface area contributed by atoms with Gasteiger partial charge in [-0.05, 0) is 57.7 Å². The SMILES string of the molecule is CCNC(=NCc1cccc(CN(C)C)c1)NC1CCC(SC)C1.I. The molecular formula is C19H33IN4S. The van der Waals surface area contributed by atoms with E-state index in [1.807, 2.05) is 11.8 Å². The predicted octanol–water partition coefficient (Wildman–Crippen LogP) is 3.71. The molecule has 1 aliphatic carbocycles. The number of nitrogens with one attached hydrogen (secondary N) is 2. The van der Waals surface area contributed by atoms with Crippen molar-refractivity contribution in [1.29, 1.82) is 0 Å². The van der Waals surface area contributed by atoms with Crippen LogP contribution in [0, 0.1) is 0 Å². The van der Waals surface area contributed by atoms with E-state index < -0.39 is 0 Å². The summed E-state index contributed by atoms with van der Waals surface area (Å²) in [5, 5.41) is 7.80. The lowest BCUT2D eigenvalue weighted by Gasteiger charge is -2.17. The van der Waals surface area contributed by atoms with Gasteiger partial charge in [0.2, 0.25) is 0 Å². The number of guanidine groups is 1. The van der Waals surface area contributed by atoms with Crippen LogP contribution in [0.2, 0.25) is 0 Å². The van der Waals surface area contributed by atoms with Gasteiger partial charge in [0.05, 0.1) is 6.54 Å². The maximum absolute atomic E-state index is 4.79. The van der Waals surface area contributed by atoms with Crippen LogP contribution < -0.4 is 10.6 Å². The molecule has 2 unspecified atom stereocenters. The minimum absolute atomic E-state index is 0. The molecule has 0 spiro atoms. The Balaban J connectivity index is 0.00000312. The minimum atomic E-state index is 0. The molecule has 0 saturated heterocycles. The fourth-order valence-corrected chi connectivity index (χ4v) is 3.96. The average Bonchev–Trinajstić information content (AvgIpc) is 3.00. The highest BCUT2D eigenvalue weighted by molar-refractivity contribution is 14.0. The number of hydrogen-bond acceptors (Lipinski definition) is 3. The van der Waals surface area contributed by atoms with Gasteiger partial charge in [-0.15, -0.1) is 24.0 Å². The highest BCUT2D eigenvalue weighted by Gasteiger charge is 2.24. The predicted molar refractivity (Wildman–Crippen MR) is 122 cm³/mol. The molecule has 0 heterocycles. The van der Waals surface area contributed by atoms with Gasteiger partial charge >= 0.3 is 0 Å². The van der Waals surface area contributed by atoms with Crippen LogP contribution in [0.15, 0.2) is 29.3 Å². The van der Waals surface area contributed by atoms with Crippen LogP contribution in [0.4, 0.5) is 0 Å². The molecule has 1 aliphatic rings. The van der Waals surface area contributed by atoms with E-state index in [2.05, 4.69) is 67.1 Å². The third-order valence-corrected chi connectivity index (χ3v) is 5.41. The monoisotopic (exact) mass is 476 g/mol. The zero-order valence-corrected chi connectivity index (χ0v) is 19.1. The van der Waals surface area contributed by atoms with Gasteiger partial charge < -0.3 is 15.5 Å². The van der Waals surface area contributed by atoms with E-state index in [4.69, 9.17) is 4.99 Å². The van der Waals surface area contributed by atoms with Crippen LogP contribution in [-0.2, 0) is 13.1 Å². The van der Waals surface area contributed by atoms with Crippen LogP contribution in [0.1, 0.15) is 37.3 Å². The largest absolute Gasteiger partial charge is 0.357 e. The number of hydrogen-bond donors (Lipinski definition) is 2. The third-order valence-electron chi connectivity index (χ3n) is 4.31. The maximum Gasteiger partial charge on any atom is 0.191 e. The van der Waals surface area contributed by atoms with Crippen molar-refractivity contribution in [3.05, 3.63) is 35.4 Å². The highest BCUT2D eigenvalue weighted by Crippen LogP contribution is 2.28. The van der Waals surface area contributed by atoms with E-state index in [9.17, 15) is 0 Å². The van der Waals surface area contributed by atoms with Gasteiger partial charge in [-0.2, -0.15) is 11.8 Å². The Labute approximate surface area is 174 Å². The van der Waals surface area contributed by atoms with Crippen LogP contribution >= 0.6 is 35.7 Å². The molecular weight excluding hydrogens is 443 g/mol. The van der Waals surface area contributed by atoms with Crippen molar-refractivity contribution in [2.45, 2.75) is 50.6 Å². The maximum atomic E-state index is 4.79. The lowest BCUT2D eigenvalue weighted by atomic mass is 10.1. The van der Waals surface area contributed by atoms with Crippen LogP contribution in [-0.4, -0.2) is 49.0 Å². The summed E-state index contributed by atoms with van der Waals surface area (Å²) in [6.07, 6.45) is 6.01. The number of aliphatic imine (C=N–C) groups is 1. The van der Waals surface area contributed by atoms with Crippen LogP contribution in [0.3, 0.4) is 0 Å². The normalized spacial score (nSPS) is 20.4. The molecule has 2 N–H and O–H groups in total. The van der Waals surface area contributed by atoms with Crippen LogP contribution in [0.25, 0.3) is 0 Å². The van der Waals surface area contributed by atoms with Gasteiger partial charge in [-0.25, -0.2) is 4.99 Å². The van der Waals surface area contributed by atoms with Gasteiger partial charge in [-0.1, -0.05) is 24.3 Å². The first-order valence-electron chi connectivity index (χ1n) is 8.91. The Kier molecular flexibility index (Phi) is 10.8. The van der Waals surface area contributed by atoms with Crippen molar-refractivity contribution in [2.24, 2.45) is 4.99 Å². The third kappa shape index (κ3) is 8.17. The van der Waals surface area contributed by atoms with Crippen molar-refractivity contribution in [3.63, 3.8) is 0 Å². The Morgan fingerprint density at radius 3 is 2.68 bits per heavy atom. The summed E-state index contributed by atoms with van der Waals surface area (Å²) in [6, 6.07) is 9.28. The molecule has 0 amide bonds. The second-order valence-corrected chi connectivity index (χ2v) is 7.90. The lowest BCUT2D eigenvalue weighted by molar-refractivity contribution is 0.402. The summed E-state index contributed by atoms with van der Waals surface area (Å²) in [5.74, 6) is 0.947. The fourth-order valence-electron chi connectivity index (χ4n) is 3.16. The Bertz CT molecular complexity index is 536. The molecule has 1 saturated carbocycles. The molecule has 25 heavy (non-hydrogen) atoms. The van der Waals surface area contributed by atoms with Gasteiger partial charge in [0.25, 0.3) is 0 Å². The second kappa shape index (κ2) is 12.0. The quantitative estimate of drug-likeness (QED) is 0.358. The first-order valence-corrected chi connectivity index (χ1v) is 10.2. The zero-order valence-electron chi connectivity index (χ0n) is 15.9. The van der Waals surface area contributed by atoms with Gasteiger partial charge in [0.15, 0.2) is 5.96 Å². The molecule has 1 aromatic carbocycles. The van der Waals surface area contributed by atoms with Gasteiger partial charge in [0.1, 0.15) is 0 Å². The van der Waals surface area contributed by atoms with Crippen LogP contribution in [0.5, 0.6) is 0 Å². The number of nitrogens with zero attached hydrogens (tertiary/aromatic N) is 2. The topological polar surface area (TPSA) is 39.7 Å². The molecule has 0 bridgehead atoms. The number of benzene rings is 1. The second-order valence-electron chi connectivity index (χ2n) is 6.76. The summed E-state index contributed by atoms with van der Waals surface area (Å²) in [7, 11) is 4.20. The van der Waals surface area contributed by atoms with E-state index in [0.29, 0.717) is 6.04 Å². The zero-order chi connectivity index (χ0) is 17.4. The highest BCUT2D eigenvalue weighted by atomic mass is 127. The van der Waals surface area contributed by atoms with Crippen molar-refractivity contribution in [3.8, 4) is 0 Å². The number of halogens is 1. The van der Waals surface area contributed by atoms with Crippen molar-refractivity contribution in [2.75, 3.05) is 26.9 Å². The van der Waals surface area contributed by atoms with E-state index in [0.717, 1.165) is 30.8 Å².